The zero-order chi connectivity index (χ0) is 14.2. The third kappa shape index (κ3) is 2.87. The molecule has 2 aliphatic carbocycles. The summed E-state index contributed by atoms with van der Waals surface area (Å²) < 4.78 is 5.85. The molecule has 108 valence electrons. The number of para-hydroxylation sites is 1. The highest BCUT2D eigenvalue weighted by atomic mass is 79.9. The van der Waals surface area contributed by atoms with Crippen LogP contribution in [-0.4, -0.2) is 0 Å². The first-order valence-electron chi connectivity index (χ1n) is 7.76. The van der Waals surface area contributed by atoms with Crippen molar-refractivity contribution in [2.24, 2.45) is 17.8 Å². The zero-order valence-electron chi connectivity index (χ0n) is 11.9. The predicted octanol–water partition coefficient (Wildman–Crippen LogP) is 5.96. The maximum Gasteiger partial charge on any atom is 0.127 e. The van der Waals surface area contributed by atoms with Crippen molar-refractivity contribution in [2.75, 3.05) is 0 Å². The van der Waals surface area contributed by atoms with Gasteiger partial charge in [-0.05, 0) is 66.8 Å². The number of hydrogen-bond acceptors (Lipinski definition) is 1. The number of ether oxygens (including phenoxy) is 1. The van der Waals surface area contributed by atoms with E-state index in [1.807, 2.05) is 30.3 Å². The molecule has 0 saturated heterocycles. The molecule has 3 atom stereocenters. The molecule has 4 rings (SSSR count). The maximum atomic E-state index is 5.85. The van der Waals surface area contributed by atoms with E-state index in [9.17, 15) is 0 Å². The van der Waals surface area contributed by atoms with Crippen LogP contribution in [0, 0.1) is 17.8 Å². The lowest BCUT2D eigenvalue weighted by Gasteiger charge is -2.19. The Morgan fingerprint density at radius 2 is 1.43 bits per heavy atom. The van der Waals surface area contributed by atoms with Crippen LogP contribution in [0.5, 0.6) is 11.5 Å². The second-order valence-corrected chi connectivity index (χ2v) is 7.36. The third-order valence-electron chi connectivity index (χ3n) is 4.87. The molecule has 0 bridgehead atoms. The Morgan fingerprint density at radius 3 is 2.10 bits per heavy atom. The van der Waals surface area contributed by atoms with Gasteiger partial charge in [0.05, 0.1) is 0 Å². The molecule has 0 amide bonds. The Bertz CT molecular complexity index is 597. The molecule has 2 aliphatic rings. The quantitative estimate of drug-likeness (QED) is 0.622. The molecule has 2 heteroatoms. The fraction of sp³-hybridized carbons (Fsp3) is 0.368. The lowest BCUT2D eigenvalue weighted by molar-refractivity contribution is 0.475. The molecule has 21 heavy (non-hydrogen) atoms. The van der Waals surface area contributed by atoms with Gasteiger partial charge in [0.25, 0.3) is 0 Å². The summed E-state index contributed by atoms with van der Waals surface area (Å²) in [7, 11) is 0. The highest BCUT2D eigenvalue weighted by Gasteiger charge is 2.47. The predicted molar refractivity (Wildman–Crippen MR) is 88.9 cm³/mol. The van der Waals surface area contributed by atoms with Gasteiger partial charge in [-0.3, -0.25) is 0 Å². The number of rotatable bonds is 4. The van der Waals surface area contributed by atoms with Crippen LogP contribution in [0.1, 0.15) is 29.7 Å². The molecule has 3 unspecified atom stereocenters. The Morgan fingerprint density at radius 1 is 0.810 bits per heavy atom. The summed E-state index contributed by atoms with van der Waals surface area (Å²) in [4.78, 5) is 0.496. The van der Waals surface area contributed by atoms with Crippen molar-refractivity contribution >= 4 is 15.9 Å². The van der Waals surface area contributed by atoms with Crippen LogP contribution in [0.4, 0.5) is 0 Å². The van der Waals surface area contributed by atoms with Gasteiger partial charge < -0.3 is 4.74 Å². The molecule has 0 heterocycles. The van der Waals surface area contributed by atoms with E-state index in [0.717, 1.165) is 29.3 Å². The molecule has 0 aliphatic heterocycles. The molecule has 2 aromatic rings. The molecule has 0 radical (unpaired) electrons. The van der Waals surface area contributed by atoms with Crippen molar-refractivity contribution in [3.05, 3.63) is 60.2 Å². The fourth-order valence-corrected chi connectivity index (χ4v) is 4.35. The summed E-state index contributed by atoms with van der Waals surface area (Å²) in [6.45, 7) is 0. The van der Waals surface area contributed by atoms with Crippen LogP contribution in [-0.2, 0) is 0 Å². The summed E-state index contributed by atoms with van der Waals surface area (Å²) in [6, 6.07) is 18.5. The smallest absolute Gasteiger partial charge is 0.127 e. The van der Waals surface area contributed by atoms with Crippen LogP contribution < -0.4 is 4.74 Å². The van der Waals surface area contributed by atoms with Gasteiger partial charge in [0.1, 0.15) is 11.5 Å². The van der Waals surface area contributed by atoms with Gasteiger partial charge in [-0.2, -0.15) is 0 Å². The number of hydrogen-bond donors (Lipinski definition) is 0. The largest absolute Gasteiger partial charge is 0.457 e. The Kier molecular flexibility index (Phi) is 3.50. The third-order valence-corrected chi connectivity index (χ3v) is 6.15. The van der Waals surface area contributed by atoms with E-state index in [1.54, 1.807) is 0 Å². The van der Waals surface area contributed by atoms with E-state index in [4.69, 9.17) is 4.74 Å². The molecule has 2 aromatic carbocycles. The van der Waals surface area contributed by atoms with Crippen LogP contribution in [0.2, 0.25) is 0 Å². The first-order valence-corrected chi connectivity index (χ1v) is 8.68. The first kappa shape index (κ1) is 13.4. The second kappa shape index (κ2) is 5.49. The van der Waals surface area contributed by atoms with Crippen molar-refractivity contribution in [2.45, 2.75) is 24.1 Å². The minimum atomic E-state index is 0.496. The summed E-state index contributed by atoms with van der Waals surface area (Å²) in [5.41, 5.74) is 1.38. The Hall–Kier alpha value is -1.28. The van der Waals surface area contributed by atoms with E-state index in [2.05, 4.69) is 40.2 Å². The molecule has 0 aromatic heterocycles. The first-order chi connectivity index (χ1) is 10.3. The molecule has 2 fully saturated rings. The van der Waals surface area contributed by atoms with Crippen molar-refractivity contribution in [1.82, 2.24) is 0 Å². The number of halogens is 1. The molecule has 0 spiro atoms. The molecule has 0 N–H and O–H groups in total. The van der Waals surface area contributed by atoms with Gasteiger partial charge >= 0.3 is 0 Å². The van der Waals surface area contributed by atoms with E-state index in [1.165, 1.54) is 24.8 Å². The van der Waals surface area contributed by atoms with Gasteiger partial charge in [0.2, 0.25) is 0 Å². The van der Waals surface area contributed by atoms with Crippen LogP contribution >= 0.6 is 15.9 Å². The lowest BCUT2D eigenvalue weighted by atomic mass is 9.94. The summed E-state index contributed by atoms with van der Waals surface area (Å²) in [6.07, 6.45) is 4.30. The lowest BCUT2D eigenvalue weighted by Crippen LogP contribution is -2.05. The van der Waals surface area contributed by atoms with E-state index < -0.39 is 0 Å². The second-order valence-electron chi connectivity index (χ2n) is 6.37. The summed E-state index contributed by atoms with van der Waals surface area (Å²) in [5.74, 6) is 4.68. The number of benzene rings is 2. The molecule has 1 nitrogen and oxygen atoms in total. The van der Waals surface area contributed by atoms with Gasteiger partial charge in [-0.15, -0.1) is 0 Å². The van der Waals surface area contributed by atoms with Crippen LogP contribution in [0.3, 0.4) is 0 Å². The SMILES string of the molecule is BrC(c1ccc(Oc2ccccc2)cc1)C1CC2CC2C1. The molecular formula is C19H19BrO. The standard InChI is InChI=1S/C19H19BrO/c20-19(16-11-14-10-15(14)12-16)13-6-8-18(9-7-13)21-17-4-2-1-3-5-17/h1-9,14-16,19H,10-12H2. The normalized spacial score (nSPS) is 28.0. The highest BCUT2D eigenvalue weighted by molar-refractivity contribution is 9.09. The zero-order valence-corrected chi connectivity index (χ0v) is 13.5. The minimum absolute atomic E-state index is 0.496. The topological polar surface area (TPSA) is 9.23 Å². The summed E-state index contributed by atoms with van der Waals surface area (Å²) in [5, 5.41) is 0. The molecular weight excluding hydrogens is 324 g/mol. The van der Waals surface area contributed by atoms with Gasteiger partial charge in [-0.25, -0.2) is 0 Å². The summed E-state index contributed by atoms with van der Waals surface area (Å²) >= 11 is 3.91. The number of alkyl halides is 1. The van der Waals surface area contributed by atoms with E-state index >= 15 is 0 Å². The molecule has 2 saturated carbocycles. The van der Waals surface area contributed by atoms with Gasteiger partial charge in [0.15, 0.2) is 0 Å². The Labute approximate surface area is 134 Å². The van der Waals surface area contributed by atoms with Gasteiger partial charge in [-0.1, -0.05) is 46.3 Å². The van der Waals surface area contributed by atoms with E-state index in [-0.39, 0.29) is 0 Å². The maximum absolute atomic E-state index is 5.85. The van der Waals surface area contributed by atoms with Crippen molar-refractivity contribution in [3.63, 3.8) is 0 Å². The average molecular weight is 343 g/mol. The van der Waals surface area contributed by atoms with Gasteiger partial charge in [0, 0.05) is 4.83 Å². The van der Waals surface area contributed by atoms with Crippen molar-refractivity contribution < 1.29 is 4.74 Å². The average Bonchev–Trinajstić information content (AvgIpc) is 3.14. The Balaban J connectivity index is 1.43. The minimum Gasteiger partial charge on any atom is -0.457 e. The monoisotopic (exact) mass is 342 g/mol. The van der Waals surface area contributed by atoms with Crippen LogP contribution in [0.25, 0.3) is 0 Å². The van der Waals surface area contributed by atoms with E-state index in [0.29, 0.717) is 4.83 Å². The number of fused-ring (bicyclic) bond motifs is 1. The highest BCUT2D eigenvalue weighted by Crippen LogP contribution is 2.58. The van der Waals surface area contributed by atoms with Crippen LogP contribution in [0.15, 0.2) is 54.6 Å². The fourth-order valence-electron chi connectivity index (χ4n) is 3.62. The van der Waals surface area contributed by atoms with Crippen molar-refractivity contribution in [3.8, 4) is 11.5 Å². The van der Waals surface area contributed by atoms with Crippen molar-refractivity contribution in [1.29, 1.82) is 0 Å².